The molecule has 2 atom stereocenters. The van der Waals surface area contributed by atoms with E-state index in [1.807, 2.05) is 25.7 Å². The van der Waals surface area contributed by atoms with Crippen LogP contribution in [0, 0.1) is 11.3 Å². The van der Waals surface area contributed by atoms with Gasteiger partial charge in [0.25, 0.3) is 0 Å². The van der Waals surface area contributed by atoms with Crippen molar-refractivity contribution in [2.45, 2.75) is 66.0 Å². The van der Waals surface area contributed by atoms with Crippen molar-refractivity contribution >= 4 is 23.7 Å². The average Bonchev–Trinajstić information content (AvgIpc) is 2.70. The summed E-state index contributed by atoms with van der Waals surface area (Å²) >= 11 is 0. The molecule has 1 saturated heterocycles. The normalized spacial score (nSPS) is 20.6. The van der Waals surface area contributed by atoms with Gasteiger partial charge in [0.1, 0.15) is 11.8 Å². The third-order valence-corrected chi connectivity index (χ3v) is 5.90. The molecule has 10 nitrogen and oxygen atoms in total. The summed E-state index contributed by atoms with van der Waals surface area (Å²) in [6.45, 7) is 11.1. The number of carbonyl (C=O) groups excluding carboxylic acids is 1. The number of carboxylic acids is 3. The fraction of sp³-hybridized carbons (Fsp3) is 0.826. The molecule has 0 aliphatic carbocycles. The van der Waals surface area contributed by atoms with Crippen LogP contribution in [0.25, 0.3) is 0 Å². The molecule has 0 saturated carbocycles. The van der Waals surface area contributed by atoms with Crippen LogP contribution < -0.4 is 0 Å². The smallest absolute Gasteiger partial charge is 0.320 e. The van der Waals surface area contributed by atoms with Gasteiger partial charge in [0.05, 0.1) is 13.1 Å². The van der Waals surface area contributed by atoms with Crippen molar-refractivity contribution in [3.63, 3.8) is 0 Å². The third-order valence-electron chi connectivity index (χ3n) is 5.90. The molecule has 0 spiro atoms. The summed E-state index contributed by atoms with van der Waals surface area (Å²) in [5.41, 5.74) is -0.149. The Bertz CT molecular complexity index is 690. The Kier molecular flexibility index (Phi) is 11.4. The third kappa shape index (κ3) is 11.1. The first-order valence-corrected chi connectivity index (χ1v) is 11.6. The van der Waals surface area contributed by atoms with E-state index in [0.717, 1.165) is 0 Å². The number of carboxylic acid groups (broad SMARTS) is 3. The highest BCUT2D eigenvalue weighted by Gasteiger charge is 2.36. The minimum absolute atomic E-state index is 0.00195. The van der Waals surface area contributed by atoms with Gasteiger partial charge in [-0.3, -0.25) is 33.9 Å². The fourth-order valence-electron chi connectivity index (χ4n) is 4.31. The van der Waals surface area contributed by atoms with E-state index in [1.165, 1.54) is 0 Å². The Hall–Kier alpha value is -2.04. The summed E-state index contributed by atoms with van der Waals surface area (Å²) in [6, 6.07) is -1.18. The van der Waals surface area contributed by atoms with Crippen molar-refractivity contribution in [2.24, 2.45) is 11.3 Å². The molecule has 0 aromatic carbocycles. The molecule has 33 heavy (non-hydrogen) atoms. The van der Waals surface area contributed by atoms with Crippen molar-refractivity contribution in [3.8, 4) is 0 Å². The van der Waals surface area contributed by atoms with Crippen LogP contribution in [0.2, 0.25) is 0 Å². The zero-order valence-corrected chi connectivity index (χ0v) is 20.6. The summed E-state index contributed by atoms with van der Waals surface area (Å²) in [7, 11) is 0. The van der Waals surface area contributed by atoms with Gasteiger partial charge < -0.3 is 15.3 Å². The van der Waals surface area contributed by atoms with Gasteiger partial charge in [0.15, 0.2) is 0 Å². The molecule has 0 bridgehead atoms. The van der Waals surface area contributed by atoms with Crippen LogP contribution in [0.4, 0.5) is 0 Å². The molecule has 10 heteroatoms. The lowest BCUT2D eigenvalue weighted by Gasteiger charge is -2.40. The average molecular weight is 472 g/mol. The quantitative estimate of drug-likeness (QED) is 0.404. The molecule has 0 aromatic heterocycles. The van der Waals surface area contributed by atoms with Crippen LogP contribution in [0.3, 0.4) is 0 Å². The minimum atomic E-state index is -1.03. The molecular weight excluding hydrogens is 430 g/mol. The molecular formula is C23H41N3O7. The molecule has 3 N–H and O–H groups in total. The van der Waals surface area contributed by atoms with E-state index in [9.17, 15) is 34.5 Å². The minimum Gasteiger partial charge on any atom is -0.480 e. The highest BCUT2D eigenvalue weighted by molar-refractivity contribution is 5.81. The van der Waals surface area contributed by atoms with Crippen LogP contribution in [0.15, 0.2) is 0 Å². The lowest BCUT2D eigenvalue weighted by molar-refractivity contribution is -0.146. The van der Waals surface area contributed by atoms with E-state index in [-0.39, 0.29) is 49.1 Å². The maximum absolute atomic E-state index is 12.3. The number of hydrogen-bond donors (Lipinski definition) is 3. The molecule has 1 aliphatic rings. The van der Waals surface area contributed by atoms with Gasteiger partial charge in [-0.1, -0.05) is 34.6 Å². The van der Waals surface area contributed by atoms with Crippen molar-refractivity contribution in [1.82, 2.24) is 14.7 Å². The maximum Gasteiger partial charge on any atom is 0.320 e. The van der Waals surface area contributed by atoms with Crippen LogP contribution in [0.1, 0.15) is 53.9 Å². The van der Waals surface area contributed by atoms with E-state index < -0.39 is 23.9 Å². The van der Waals surface area contributed by atoms with E-state index in [4.69, 9.17) is 0 Å². The van der Waals surface area contributed by atoms with Gasteiger partial charge in [-0.05, 0) is 18.3 Å². The lowest BCUT2D eigenvalue weighted by Crippen LogP contribution is -2.54. The van der Waals surface area contributed by atoms with Crippen molar-refractivity contribution in [2.75, 3.05) is 45.8 Å². The first-order chi connectivity index (χ1) is 15.2. The molecule has 1 heterocycles. The molecule has 0 aromatic rings. The summed E-state index contributed by atoms with van der Waals surface area (Å²) in [5.74, 6) is -3.19. The van der Waals surface area contributed by atoms with Crippen LogP contribution in [-0.4, -0.2) is 112 Å². The zero-order chi connectivity index (χ0) is 25.3. The predicted molar refractivity (Wildman–Crippen MR) is 123 cm³/mol. The zero-order valence-electron chi connectivity index (χ0n) is 20.6. The molecule has 1 fully saturated rings. The van der Waals surface area contributed by atoms with Crippen molar-refractivity contribution in [3.05, 3.63) is 0 Å². The second-order valence-corrected chi connectivity index (χ2v) is 10.5. The van der Waals surface area contributed by atoms with E-state index in [1.54, 1.807) is 23.6 Å². The van der Waals surface area contributed by atoms with Crippen LogP contribution in [-0.2, 0) is 19.2 Å². The summed E-state index contributed by atoms with van der Waals surface area (Å²) in [4.78, 5) is 52.7. The van der Waals surface area contributed by atoms with E-state index in [2.05, 4.69) is 0 Å². The number of nitrogens with zero attached hydrogens (tertiary/aromatic N) is 3. The lowest BCUT2D eigenvalue weighted by atomic mass is 9.86. The first-order valence-electron chi connectivity index (χ1n) is 11.6. The molecule has 1 rings (SSSR count). The SMILES string of the molecule is CC(C)C(=O)CCC(C(=O)O)N1CCN(CC(=O)O)CCN(CC(=O)O)CC1CC(C)(C)C. The standard InChI is InChI=1S/C23H41N3O7/c1-16(2)19(27)7-6-18(22(32)33)26-11-10-24(14-20(28)29)8-9-25(15-21(30)31)13-17(26)12-23(3,4)5/h16-18H,6-15H2,1-5H3,(H,28,29)(H,30,31)(H,32,33). The molecule has 2 unspecified atom stereocenters. The molecule has 0 amide bonds. The number of carbonyl (C=O) groups is 4. The Labute approximate surface area is 196 Å². The Balaban J connectivity index is 3.33. The molecule has 190 valence electrons. The largest absolute Gasteiger partial charge is 0.480 e. The Morgan fingerprint density at radius 3 is 1.88 bits per heavy atom. The summed E-state index contributed by atoms with van der Waals surface area (Å²) < 4.78 is 0. The second-order valence-electron chi connectivity index (χ2n) is 10.5. The van der Waals surface area contributed by atoms with Gasteiger partial charge in [-0.2, -0.15) is 0 Å². The summed E-state index contributed by atoms with van der Waals surface area (Å²) in [5, 5.41) is 28.8. The van der Waals surface area contributed by atoms with Gasteiger partial charge in [-0.25, -0.2) is 0 Å². The number of hydrogen-bond acceptors (Lipinski definition) is 7. The molecule has 1 aliphatic heterocycles. The second kappa shape index (κ2) is 13.0. The van der Waals surface area contributed by atoms with Gasteiger partial charge >= 0.3 is 17.9 Å². The number of aliphatic carboxylic acids is 3. The Morgan fingerprint density at radius 2 is 1.39 bits per heavy atom. The number of Topliss-reactive ketones (excluding diaryl/α,β-unsaturated/α-hetero) is 1. The van der Waals surface area contributed by atoms with E-state index in [0.29, 0.717) is 39.1 Å². The fourth-order valence-corrected chi connectivity index (χ4v) is 4.31. The van der Waals surface area contributed by atoms with E-state index >= 15 is 0 Å². The van der Waals surface area contributed by atoms with Crippen molar-refractivity contribution < 1.29 is 34.5 Å². The predicted octanol–water partition coefficient (Wildman–Crippen LogP) is 1.34. The van der Waals surface area contributed by atoms with Crippen LogP contribution in [0.5, 0.6) is 0 Å². The van der Waals surface area contributed by atoms with Crippen LogP contribution >= 0.6 is 0 Å². The summed E-state index contributed by atoms with van der Waals surface area (Å²) in [6.07, 6.45) is 0.930. The van der Waals surface area contributed by atoms with Crippen molar-refractivity contribution in [1.29, 1.82) is 0 Å². The number of ketones is 1. The highest BCUT2D eigenvalue weighted by atomic mass is 16.4. The molecule has 0 radical (unpaired) electrons. The number of rotatable bonds is 11. The van der Waals surface area contributed by atoms with Gasteiger partial charge in [-0.15, -0.1) is 0 Å². The first kappa shape index (κ1) is 29.0. The topological polar surface area (TPSA) is 139 Å². The highest BCUT2D eigenvalue weighted by Crippen LogP contribution is 2.27. The van der Waals surface area contributed by atoms with Gasteiger partial charge in [0, 0.05) is 51.1 Å². The van der Waals surface area contributed by atoms with Gasteiger partial charge in [0.2, 0.25) is 0 Å². The maximum atomic E-state index is 12.3. The Morgan fingerprint density at radius 1 is 0.879 bits per heavy atom. The monoisotopic (exact) mass is 471 g/mol.